The van der Waals surface area contributed by atoms with Gasteiger partial charge in [-0.05, 0) is 50.3 Å². The van der Waals surface area contributed by atoms with E-state index in [0.29, 0.717) is 16.1 Å². The summed E-state index contributed by atoms with van der Waals surface area (Å²) in [6, 6.07) is 9.41. The Balaban J connectivity index is 1.86. The highest BCUT2D eigenvalue weighted by molar-refractivity contribution is 7.16. The fourth-order valence-electron chi connectivity index (χ4n) is 3.12. The molecule has 0 unspecified atom stereocenters. The Labute approximate surface area is 177 Å². The summed E-state index contributed by atoms with van der Waals surface area (Å²) in [7, 11) is 0. The zero-order chi connectivity index (χ0) is 19.6. The van der Waals surface area contributed by atoms with Gasteiger partial charge in [0.15, 0.2) is 0 Å². The van der Waals surface area contributed by atoms with Crippen LogP contribution < -0.4 is 10.6 Å². The number of fused-ring (bicyclic) bond motifs is 1. The molecule has 27 heavy (non-hydrogen) atoms. The Hall–Kier alpha value is -1.45. The van der Waals surface area contributed by atoms with Crippen molar-refractivity contribution in [3.8, 4) is 6.07 Å². The molecule has 1 aromatic heterocycles. The SMILES string of the molecule is Cc1cccc(C(=O)N[C@H](Nc2sc3c(c2C#N)CCCC3)C(Cl)(Cl)Cl)c1. The maximum atomic E-state index is 12.6. The number of carbonyl (C=O) groups excluding carboxylic acids is 1. The highest BCUT2D eigenvalue weighted by Crippen LogP contribution is 2.40. The van der Waals surface area contributed by atoms with Crippen LogP contribution in [0.1, 0.15) is 44.8 Å². The molecule has 0 aliphatic heterocycles. The number of hydrogen-bond acceptors (Lipinski definition) is 4. The lowest BCUT2D eigenvalue weighted by atomic mass is 9.96. The van der Waals surface area contributed by atoms with Crippen molar-refractivity contribution in [2.75, 3.05) is 5.32 Å². The third-order valence-corrected chi connectivity index (χ3v) is 6.32. The average molecular weight is 443 g/mol. The first-order valence-electron chi connectivity index (χ1n) is 8.55. The third kappa shape index (κ3) is 4.70. The first kappa shape index (κ1) is 20.3. The minimum Gasteiger partial charge on any atom is -0.352 e. The van der Waals surface area contributed by atoms with Gasteiger partial charge in [-0.2, -0.15) is 5.26 Å². The minimum atomic E-state index is -1.79. The summed E-state index contributed by atoms with van der Waals surface area (Å²) in [5, 5.41) is 16.0. The molecule has 0 fully saturated rings. The van der Waals surface area contributed by atoms with Gasteiger partial charge in [0.2, 0.25) is 3.79 Å². The molecular weight excluding hydrogens is 425 g/mol. The topological polar surface area (TPSA) is 64.9 Å². The van der Waals surface area contributed by atoms with Crippen LogP contribution in [-0.4, -0.2) is 15.9 Å². The molecule has 4 nitrogen and oxygen atoms in total. The normalized spacial score (nSPS) is 14.8. The number of aryl methyl sites for hydroxylation is 2. The Morgan fingerprint density at radius 1 is 1.30 bits per heavy atom. The van der Waals surface area contributed by atoms with Crippen molar-refractivity contribution in [2.45, 2.75) is 42.6 Å². The molecule has 2 aromatic rings. The van der Waals surface area contributed by atoms with E-state index < -0.39 is 9.96 Å². The summed E-state index contributed by atoms with van der Waals surface area (Å²) < 4.78 is -1.79. The van der Waals surface area contributed by atoms with Gasteiger partial charge in [0.05, 0.1) is 5.56 Å². The fraction of sp³-hybridized carbons (Fsp3) is 0.368. The van der Waals surface area contributed by atoms with Crippen molar-refractivity contribution in [1.29, 1.82) is 5.26 Å². The summed E-state index contributed by atoms with van der Waals surface area (Å²) >= 11 is 19.8. The predicted molar refractivity (Wildman–Crippen MR) is 112 cm³/mol. The van der Waals surface area contributed by atoms with Crippen LogP contribution in [0.4, 0.5) is 5.00 Å². The molecule has 1 atom stereocenters. The summed E-state index contributed by atoms with van der Waals surface area (Å²) in [6.07, 6.45) is 3.02. The lowest BCUT2D eigenvalue weighted by molar-refractivity contribution is 0.0942. The Morgan fingerprint density at radius 3 is 2.70 bits per heavy atom. The van der Waals surface area contributed by atoms with Crippen LogP contribution in [0.3, 0.4) is 0 Å². The first-order chi connectivity index (χ1) is 12.8. The monoisotopic (exact) mass is 441 g/mol. The number of nitrogens with one attached hydrogen (secondary N) is 2. The quantitative estimate of drug-likeness (QED) is 0.496. The molecule has 2 N–H and O–H groups in total. The Bertz CT molecular complexity index is 899. The number of rotatable bonds is 4. The van der Waals surface area contributed by atoms with Gasteiger partial charge in [0.1, 0.15) is 17.2 Å². The van der Waals surface area contributed by atoms with Gasteiger partial charge >= 0.3 is 0 Å². The van der Waals surface area contributed by atoms with E-state index in [0.717, 1.165) is 36.8 Å². The number of anilines is 1. The highest BCUT2D eigenvalue weighted by atomic mass is 35.6. The maximum Gasteiger partial charge on any atom is 0.252 e. The minimum absolute atomic E-state index is 0.359. The fourth-order valence-corrected chi connectivity index (χ4v) is 4.71. The molecule has 8 heteroatoms. The lowest BCUT2D eigenvalue weighted by Gasteiger charge is -2.27. The number of nitriles is 1. The number of hydrogen-bond donors (Lipinski definition) is 2. The van der Waals surface area contributed by atoms with Crippen molar-refractivity contribution in [2.24, 2.45) is 0 Å². The van der Waals surface area contributed by atoms with Gasteiger partial charge in [0.25, 0.3) is 5.91 Å². The van der Waals surface area contributed by atoms with E-state index in [9.17, 15) is 10.1 Å². The summed E-state index contributed by atoms with van der Waals surface area (Å²) in [6.45, 7) is 1.90. The molecular formula is C19H18Cl3N3OS. The van der Waals surface area contributed by atoms with E-state index in [1.54, 1.807) is 18.2 Å². The van der Waals surface area contributed by atoms with Crippen LogP contribution in [0.25, 0.3) is 0 Å². The van der Waals surface area contributed by atoms with Crippen LogP contribution in [0.2, 0.25) is 0 Å². The second-order valence-electron chi connectivity index (χ2n) is 6.49. The van der Waals surface area contributed by atoms with Gasteiger partial charge in [0, 0.05) is 10.4 Å². The van der Waals surface area contributed by atoms with Crippen LogP contribution in [0.5, 0.6) is 0 Å². The maximum absolute atomic E-state index is 12.6. The predicted octanol–water partition coefficient (Wildman–Crippen LogP) is 5.35. The smallest absolute Gasteiger partial charge is 0.252 e. The molecule has 0 spiro atoms. The second kappa shape index (κ2) is 8.28. The zero-order valence-electron chi connectivity index (χ0n) is 14.6. The number of amides is 1. The molecule has 0 saturated heterocycles. The third-order valence-electron chi connectivity index (χ3n) is 4.44. The zero-order valence-corrected chi connectivity index (χ0v) is 17.7. The number of carbonyl (C=O) groups is 1. The van der Waals surface area contributed by atoms with E-state index in [2.05, 4.69) is 16.7 Å². The number of nitrogens with zero attached hydrogens (tertiary/aromatic N) is 1. The van der Waals surface area contributed by atoms with Gasteiger partial charge in [-0.1, -0.05) is 52.5 Å². The van der Waals surface area contributed by atoms with E-state index in [4.69, 9.17) is 34.8 Å². The van der Waals surface area contributed by atoms with Crippen molar-refractivity contribution < 1.29 is 4.79 Å². The molecule has 0 radical (unpaired) electrons. The average Bonchev–Trinajstić information content (AvgIpc) is 2.97. The molecule has 1 aliphatic rings. The van der Waals surface area contributed by atoms with E-state index in [-0.39, 0.29) is 5.91 Å². The van der Waals surface area contributed by atoms with Crippen LogP contribution >= 0.6 is 46.1 Å². The molecule has 1 aliphatic carbocycles. The summed E-state index contributed by atoms with van der Waals surface area (Å²) in [4.78, 5) is 13.8. The van der Waals surface area contributed by atoms with Crippen molar-refractivity contribution in [3.05, 3.63) is 51.4 Å². The van der Waals surface area contributed by atoms with Gasteiger partial charge in [-0.3, -0.25) is 4.79 Å². The molecule has 142 valence electrons. The Kier molecular flexibility index (Phi) is 6.22. The van der Waals surface area contributed by atoms with E-state index in [1.807, 2.05) is 13.0 Å². The van der Waals surface area contributed by atoms with Gasteiger partial charge < -0.3 is 10.6 Å². The molecule has 1 aromatic carbocycles. The van der Waals surface area contributed by atoms with Crippen LogP contribution in [0.15, 0.2) is 24.3 Å². The first-order valence-corrected chi connectivity index (χ1v) is 10.5. The van der Waals surface area contributed by atoms with Crippen molar-refractivity contribution in [1.82, 2.24) is 5.32 Å². The molecule has 1 amide bonds. The summed E-state index contributed by atoms with van der Waals surface area (Å²) in [5.41, 5.74) is 3.09. The highest BCUT2D eigenvalue weighted by Gasteiger charge is 2.36. The van der Waals surface area contributed by atoms with Crippen LogP contribution in [0, 0.1) is 18.3 Å². The van der Waals surface area contributed by atoms with Crippen LogP contribution in [-0.2, 0) is 12.8 Å². The largest absolute Gasteiger partial charge is 0.352 e. The summed E-state index contributed by atoms with van der Waals surface area (Å²) in [5.74, 6) is -0.359. The molecule has 3 rings (SSSR count). The number of halogens is 3. The molecule has 0 saturated carbocycles. The van der Waals surface area contributed by atoms with Crippen molar-refractivity contribution >= 4 is 57.0 Å². The number of thiophene rings is 1. The molecule has 0 bridgehead atoms. The van der Waals surface area contributed by atoms with E-state index in [1.165, 1.54) is 16.2 Å². The number of alkyl halides is 3. The molecule has 1 heterocycles. The van der Waals surface area contributed by atoms with Gasteiger partial charge in [-0.15, -0.1) is 11.3 Å². The van der Waals surface area contributed by atoms with Gasteiger partial charge in [-0.25, -0.2) is 0 Å². The Morgan fingerprint density at radius 2 is 2.04 bits per heavy atom. The number of benzene rings is 1. The second-order valence-corrected chi connectivity index (χ2v) is 9.96. The van der Waals surface area contributed by atoms with Crippen molar-refractivity contribution in [3.63, 3.8) is 0 Å². The standard InChI is InChI=1S/C19H18Cl3N3OS/c1-11-5-4-6-12(9-11)16(26)24-18(19(20,21)22)25-17-14(10-23)13-7-2-3-8-15(13)27-17/h4-6,9,18,25H,2-3,7-8H2,1H3,(H,24,26)/t18-/m1/s1. The lowest BCUT2D eigenvalue weighted by Crippen LogP contribution is -2.49. The van der Waals surface area contributed by atoms with E-state index >= 15 is 0 Å².